The van der Waals surface area contributed by atoms with Crippen molar-refractivity contribution in [2.75, 3.05) is 43.9 Å². The Balaban J connectivity index is 1.13. The first-order valence-electron chi connectivity index (χ1n) is 10.9. The molecule has 0 unspecified atom stereocenters. The predicted octanol–water partition coefficient (Wildman–Crippen LogP) is 4.46. The third-order valence-electron chi connectivity index (χ3n) is 5.99. The number of rotatable bonds is 9. The summed E-state index contributed by atoms with van der Waals surface area (Å²) in [5.41, 5.74) is 0. The number of likely N-dealkylation sites (tertiary alicyclic amines) is 1. The molecule has 29 heavy (non-hydrogen) atoms. The third-order valence-corrected chi connectivity index (χ3v) is 6.73. The lowest BCUT2D eigenvalue weighted by molar-refractivity contribution is 0.276. The summed E-state index contributed by atoms with van der Waals surface area (Å²) in [6.07, 6.45) is 9.36. The van der Waals surface area contributed by atoms with Crippen molar-refractivity contribution in [3.05, 3.63) is 30.1 Å². The van der Waals surface area contributed by atoms with Gasteiger partial charge in [-0.15, -0.1) is 11.8 Å². The lowest BCUT2D eigenvalue weighted by atomic mass is 9.92. The summed E-state index contributed by atoms with van der Waals surface area (Å²) in [4.78, 5) is 10.6. The first-order valence-corrected chi connectivity index (χ1v) is 12.1. The lowest BCUT2D eigenvalue weighted by Crippen LogP contribution is -2.34. The number of thioether (sulfide) groups is 1. The maximum absolute atomic E-state index is 5.89. The van der Waals surface area contributed by atoms with Crippen LogP contribution < -0.4 is 9.64 Å². The van der Waals surface area contributed by atoms with Crippen LogP contribution in [-0.4, -0.2) is 54.1 Å². The van der Waals surface area contributed by atoms with Crippen LogP contribution in [0.25, 0.3) is 0 Å². The van der Waals surface area contributed by atoms with Gasteiger partial charge in [-0.25, -0.2) is 0 Å². The van der Waals surface area contributed by atoms with E-state index < -0.39 is 0 Å². The maximum Gasteiger partial charge on any atom is 0.324 e. The van der Waals surface area contributed by atoms with Crippen LogP contribution in [0.15, 0.2) is 33.7 Å². The van der Waals surface area contributed by atoms with Crippen molar-refractivity contribution in [3.8, 4) is 5.75 Å². The SMILES string of the molecule is CSc1ccc(OCCCC2CCN(c3nc(CN4CCCC4)no3)CC2)cc1. The van der Waals surface area contributed by atoms with E-state index in [1.807, 2.05) is 0 Å². The van der Waals surface area contributed by atoms with Crippen molar-refractivity contribution in [1.29, 1.82) is 0 Å². The van der Waals surface area contributed by atoms with Crippen LogP contribution in [0.4, 0.5) is 6.01 Å². The van der Waals surface area contributed by atoms with E-state index in [2.05, 4.69) is 50.5 Å². The Morgan fingerprint density at radius 1 is 1.10 bits per heavy atom. The fourth-order valence-electron chi connectivity index (χ4n) is 4.23. The Hall–Kier alpha value is -1.73. The molecule has 2 fully saturated rings. The molecular formula is C22H32N4O2S. The summed E-state index contributed by atoms with van der Waals surface area (Å²) in [6, 6.07) is 9.06. The highest BCUT2D eigenvalue weighted by Crippen LogP contribution is 2.26. The molecule has 2 aliphatic heterocycles. The lowest BCUT2D eigenvalue weighted by Gasteiger charge is -2.30. The minimum atomic E-state index is 0.703. The molecule has 2 aliphatic rings. The standard InChI is InChI=1S/C22H32N4O2S/c1-29-20-8-6-19(7-9-20)27-16-4-5-18-10-14-26(15-11-18)22-23-21(24-28-22)17-25-12-2-3-13-25/h6-9,18H,2-5,10-17H2,1H3. The zero-order valence-corrected chi connectivity index (χ0v) is 18.2. The largest absolute Gasteiger partial charge is 0.494 e. The van der Waals surface area contributed by atoms with Crippen molar-refractivity contribution in [2.24, 2.45) is 5.92 Å². The molecule has 0 bridgehead atoms. The van der Waals surface area contributed by atoms with Crippen LogP contribution in [0.5, 0.6) is 5.75 Å². The van der Waals surface area contributed by atoms with E-state index in [1.165, 1.54) is 37.0 Å². The van der Waals surface area contributed by atoms with Crippen molar-refractivity contribution in [1.82, 2.24) is 15.0 Å². The van der Waals surface area contributed by atoms with E-state index in [0.717, 1.165) is 63.2 Å². The van der Waals surface area contributed by atoms with Crippen LogP contribution in [0.2, 0.25) is 0 Å². The number of hydrogen-bond acceptors (Lipinski definition) is 7. The molecule has 0 atom stereocenters. The molecule has 4 rings (SSSR count). The molecule has 0 N–H and O–H groups in total. The van der Waals surface area contributed by atoms with Crippen LogP contribution >= 0.6 is 11.8 Å². The van der Waals surface area contributed by atoms with E-state index in [0.29, 0.717) is 6.01 Å². The van der Waals surface area contributed by atoms with E-state index in [-0.39, 0.29) is 0 Å². The van der Waals surface area contributed by atoms with Crippen LogP contribution in [0.3, 0.4) is 0 Å². The monoisotopic (exact) mass is 416 g/mol. The van der Waals surface area contributed by atoms with Gasteiger partial charge in [0.05, 0.1) is 13.2 Å². The minimum absolute atomic E-state index is 0.703. The average molecular weight is 417 g/mol. The molecule has 0 amide bonds. The Kier molecular flexibility index (Phi) is 7.33. The van der Waals surface area contributed by atoms with Gasteiger partial charge in [-0.05, 0) is 88.1 Å². The Morgan fingerprint density at radius 2 is 1.86 bits per heavy atom. The fourth-order valence-corrected chi connectivity index (χ4v) is 4.63. The van der Waals surface area contributed by atoms with Crippen molar-refractivity contribution in [2.45, 2.75) is 50.0 Å². The van der Waals surface area contributed by atoms with Gasteiger partial charge in [0.25, 0.3) is 0 Å². The highest BCUT2D eigenvalue weighted by Gasteiger charge is 2.23. The summed E-state index contributed by atoms with van der Waals surface area (Å²) >= 11 is 1.75. The van der Waals surface area contributed by atoms with Crippen LogP contribution in [0.1, 0.15) is 44.3 Å². The Morgan fingerprint density at radius 3 is 2.59 bits per heavy atom. The van der Waals surface area contributed by atoms with E-state index >= 15 is 0 Å². The minimum Gasteiger partial charge on any atom is -0.494 e. The van der Waals surface area contributed by atoms with Crippen molar-refractivity contribution in [3.63, 3.8) is 0 Å². The Labute approximate surface area is 178 Å². The molecule has 0 saturated carbocycles. The fraction of sp³-hybridized carbons (Fsp3) is 0.636. The van der Waals surface area contributed by atoms with Gasteiger partial charge >= 0.3 is 6.01 Å². The topological polar surface area (TPSA) is 54.6 Å². The number of benzene rings is 1. The third kappa shape index (κ3) is 5.89. The second-order valence-corrected chi connectivity index (χ2v) is 8.95. The van der Waals surface area contributed by atoms with Gasteiger partial charge < -0.3 is 14.2 Å². The quantitative estimate of drug-likeness (QED) is 0.442. The molecule has 1 aromatic heterocycles. The molecule has 2 aromatic rings. The first kappa shape index (κ1) is 20.5. The highest BCUT2D eigenvalue weighted by molar-refractivity contribution is 7.98. The molecule has 2 saturated heterocycles. The van der Waals surface area contributed by atoms with Gasteiger partial charge in [0.2, 0.25) is 0 Å². The van der Waals surface area contributed by atoms with Crippen LogP contribution in [0, 0.1) is 5.92 Å². The van der Waals surface area contributed by atoms with Gasteiger partial charge in [0.1, 0.15) is 5.75 Å². The zero-order chi connectivity index (χ0) is 19.9. The number of ether oxygens (including phenoxy) is 1. The molecule has 0 radical (unpaired) electrons. The normalized spacial score (nSPS) is 18.4. The van der Waals surface area contributed by atoms with Gasteiger partial charge in [-0.2, -0.15) is 4.98 Å². The Bertz CT molecular complexity index is 738. The summed E-state index contributed by atoms with van der Waals surface area (Å²) in [5.74, 6) is 2.56. The molecule has 0 aliphatic carbocycles. The van der Waals surface area contributed by atoms with Gasteiger partial charge in [-0.1, -0.05) is 5.16 Å². The highest BCUT2D eigenvalue weighted by atomic mass is 32.2. The number of hydrogen-bond donors (Lipinski definition) is 0. The molecule has 6 nitrogen and oxygen atoms in total. The van der Waals surface area contributed by atoms with E-state index in [1.54, 1.807) is 11.8 Å². The zero-order valence-electron chi connectivity index (χ0n) is 17.4. The van der Waals surface area contributed by atoms with Crippen LogP contribution in [-0.2, 0) is 6.54 Å². The summed E-state index contributed by atoms with van der Waals surface area (Å²) in [6.45, 7) is 5.94. The first-order chi connectivity index (χ1) is 14.3. The molecular weight excluding hydrogens is 384 g/mol. The average Bonchev–Trinajstić information content (AvgIpc) is 3.45. The van der Waals surface area contributed by atoms with Gasteiger partial charge in [0.15, 0.2) is 5.82 Å². The van der Waals surface area contributed by atoms with Gasteiger partial charge in [0, 0.05) is 18.0 Å². The second kappa shape index (κ2) is 10.3. The summed E-state index contributed by atoms with van der Waals surface area (Å²) < 4.78 is 11.4. The molecule has 1 aromatic carbocycles. The molecule has 7 heteroatoms. The maximum atomic E-state index is 5.89. The van der Waals surface area contributed by atoms with Crippen molar-refractivity contribution >= 4 is 17.8 Å². The number of nitrogens with zero attached hydrogens (tertiary/aromatic N) is 4. The van der Waals surface area contributed by atoms with Crippen molar-refractivity contribution < 1.29 is 9.26 Å². The van der Waals surface area contributed by atoms with E-state index in [9.17, 15) is 0 Å². The van der Waals surface area contributed by atoms with Gasteiger partial charge in [-0.3, -0.25) is 4.90 Å². The summed E-state index contributed by atoms with van der Waals surface area (Å²) in [7, 11) is 0. The number of aromatic nitrogens is 2. The molecule has 0 spiro atoms. The number of piperidine rings is 1. The molecule has 158 valence electrons. The van der Waals surface area contributed by atoms with E-state index in [4.69, 9.17) is 9.26 Å². The summed E-state index contributed by atoms with van der Waals surface area (Å²) in [5, 5.41) is 4.19. The predicted molar refractivity (Wildman–Crippen MR) is 117 cm³/mol. The molecule has 3 heterocycles. The smallest absolute Gasteiger partial charge is 0.324 e. The number of anilines is 1. The second-order valence-electron chi connectivity index (χ2n) is 8.07.